The average Bonchev–Trinajstić information content (AvgIpc) is 4.09. The van der Waals surface area contributed by atoms with Crippen LogP contribution in [-0.2, 0) is 0 Å². The van der Waals surface area contributed by atoms with E-state index in [0.29, 0.717) is 0 Å². The fraction of sp³-hybridized carbons (Fsp3) is 0. The predicted molar refractivity (Wildman–Crippen MR) is 289 cm³/mol. The van der Waals surface area contributed by atoms with E-state index in [9.17, 15) is 0 Å². The molecule has 3 heterocycles. The van der Waals surface area contributed by atoms with Crippen molar-refractivity contribution in [3.8, 4) is 39.1 Å². The summed E-state index contributed by atoms with van der Waals surface area (Å²) in [6.45, 7) is 0. The third kappa shape index (κ3) is 6.19. The summed E-state index contributed by atoms with van der Waals surface area (Å²) in [6.07, 6.45) is 0. The van der Waals surface area contributed by atoms with Crippen molar-refractivity contribution < 1.29 is 4.42 Å². The molecule has 0 N–H and O–H groups in total. The van der Waals surface area contributed by atoms with Crippen LogP contribution in [0.1, 0.15) is 0 Å². The number of nitrogens with zero attached hydrogens (tertiary/aromatic N) is 2. The summed E-state index contributed by atoms with van der Waals surface area (Å²) in [5, 5.41) is 9.69. The monoisotopic (exact) mass is 884 g/mol. The van der Waals surface area contributed by atoms with E-state index in [1.54, 1.807) is 0 Å². The second-order valence-electron chi connectivity index (χ2n) is 17.7. The Morgan fingerprint density at radius 2 is 0.956 bits per heavy atom. The molecular formula is C64H40N2OS. The van der Waals surface area contributed by atoms with Crippen molar-refractivity contribution in [1.29, 1.82) is 0 Å². The maximum absolute atomic E-state index is 6.63. The molecule has 0 unspecified atom stereocenters. The molecule has 11 aromatic carbocycles. The van der Waals surface area contributed by atoms with Crippen molar-refractivity contribution in [2.75, 3.05) is 4.90 Å². The fourth-order valence-corrected chi connectivity index (χ4v) is 11.7. The highest BCUT2D eigenvalue weighted by Crippen LogP contribution is 2.44. The fourth-order valence-electron chi connectivity index (χ4n) is 10.6. The van der Waals surface area contributed by atoms with Gasteiger partial charge in [0.05, 0.1) is 11.0 Å². The lowest BCUT2D eigenvalue weighted by atomic mass is 9.97. The lowest BCUT2D eigenvalue weighted by Crippen LogP contribution is -2.10. The van der Waals surface area contributed by atoms with Crippen molar-refractivity contribution in [2.24, 2.45) is 0 Å². The Bertz CT molecular complexity index is 4210. The molecular weight excluding hydrogens is 845 g/mol. The van der Waals surface area contributed by atoms with Crippen molar-refractivity contribution in [3.63, 3.8) is 0 Å². The normalized spacial score (nSPS) is 11.8. The zero-order valence-corrected chi connectivity index (χ0v) is 37.6. The standard InChI is InChI=1S/C64H40N2OS/c1-2-17-52-43(12-1)30-36-56-63-51(21-11-24-60(63)67-64(52)56)46-14-10-15-49(39-46)65(48-34-28-42(29-35-48)45-31-37-62-57(40-45)55-20-5-8-25-61(55)68-62)47-32-26-41(27-33-47)44-13-9-16-50(38-44)66-58-22-6-3-18-53(58)54-19-4-7-23-59(54)66/h1-40H. The molecule has 0 fully saturated rings. The Morgan fingerprint density at radius 1 is 0.353 bits per heavy atom. The highest BCUT2D eigenvalue weighted by atomic mass is 32.1. The number of fused-ring (bicyclic) bond motifs is 11. The quantitative estimate of drug-likeness (QED) is 0.159. The number of para-hydroxylation sites is 2. The van der Waals surface area contributed by atoms with E-state index in [-0.39, 0.29) is 0 Å². The SMILES string of the molecule is c1cc(-c2cccc3oc4c5ccccc5ccc4c23)cc(N(c2ccc(-c3cccc(-n4c5ccccc5c5ccccc54)c3)cc2)c2ccc(-c3ccc4sc5ccccc5c4c3)cc2)c1. The molecule has 3 nitrogen and oxygen atoms in total. The van der Waals surface area contributed by atoms with Crippen molar-refractivity contribution >= 4 is 103 Å². The number of anilines is 3. The minimum Gasteiger partial charge on any atom is -0.455 e. The van der Waals surface area contributed by atoms with E-state index in [2.05, 4.69) is 252 Å². The van der Waals surface area contributed by atoms with Crippen LogP contribution < -0.4 is 4.90 Å². The Labute approximate surface area is 396 Å². The van der Waals surface area contributed by atoms with Gasteiger partial charge in [-0.15, -0.1) is 11.3 Å². The first-order chi connectivity index (χ1) is 33.7. The number of thiophene rings is 1. The molecule has 68 heavy (non-hydrogen) atoms. The minimum absolute atomic E-state index is 0.887. The highest BCUT2D eigenvalue weighted by molar-refractivity contribution is 7.25. The molecule has 0 aliphatic rings. The molecule has 14 rings (SSSR count). The topological polar surface area (TPSA) is 21.3 Å². The molecule has 0 aliphatic heterocycles. The summed E-state index contributed by atoms with van der Waals surface area (Å²) in [6, 6.07) is 88.2. The van der Waals surface area contributed by atoms with Crippen LogP contribution in [0.25, 0.3) is 114 Å². The van der Waals surface area contributed by atoms with Gasteiger partial charge in [-0.2, -0.15) is 0 Å². The van der Waals surface area contributed by atoms with Crippen LogP contribution in [0.4, 0.5) is 17.1 Å². The minimum atomic E-state index is 0.887. The van der Waals surface area contributed by atoms with Crippen LogP contribution in [-0.4, -0.2) is 4.57 Å². The third-order valence-corrected chi connectivity index (χ3v) is 14.9. The molecule has 0 spiro atoms. The first-order valence-electron chi connectivity index (χ1n) is 23.1. The maximum atomic E-state index is 6.63. The van der Waals surface area contributed by atoms with Crippen molar-refractivity contribution in [1.82, 2.24) is 4.57 Å². The number of hydrogen-bond donors (Lipinski definition) is 0. The highest BCUT2D eigenvalue weighted by Gasteiger charge is 2.19. The van der Waals surface area contributed by atoms with Crippen LogP contribution in [0, 0.1) is 0 Å². The molecule has 14 aromatic rings. The van der Waals surface area contributed by atoms with Gasteiger partial charge in [0, 0.05) is 69.9 Å². The average molecular weight is 885 g/mol. The van der Waals surface area contributed by atoms with Crippen LogP contribution in [0.3, 0.4) is 0 Å². The Balaban J connectivity index is 0.879. The first-order valence-corrected chi connectivity index (χ1v) is 24.0. The van der Waals surface area contributed by atoms with Gasteiger partial charge in [-0.3, -0.25) is 0 Å². The van der Waals surface area contributed by atoms with E-state index in [4.69, 9.17) is 4.42 Å². The summed E-state index contributed by atoms with van der Waals surface area (Å²) in [4.78, 5) is 2.38. The Kier molecular flexibility index (Phi) is 8.76. The lowest BCUT2D eigenvalue weighted by molar-refractivity contribution is 0.673. The molecule has 318 valence electrons. The van der Waals surface area contributed by atoms with Crippen LogP contribution in [0.5, 0.6) is 0 Å². The van der Waals surface area contributed by atoms with E-state index in [0.717, 1.165) is 72.3 Å². The van der Waals surface area contributed by atoms with Gasteiger partial charge < -0.3 is 13.9 Å². The third-order valence-electron chi connectivity index (χ3n) is 13.8. The molecule has 3 aromatic heterocycles. The maximum Gasteiger partial charge on any atom is 0.143 e. The molecule has 0 saturated carbocycles. The van der Waals surface area contributed by atoms with Gasteiger partial charge in [0.15, 0.2) is 0 Å². The summed E-state index contributed by atoms with van der Waals surface area (Å²) < 4.78 is 11.7. The van der Waals surface area contributed by atoms with Crippen molar-refractivity contribution in [3.05, 3.63) is 243 Å². The number of aromatic nitrogens is 1. The van der Waals surface area contributed by atoms with Crippen molar-refractivity contribution in [2.45, 2.75) is 0 Å². The smallest absolute Gasteiger partial charge is 0.143 e. The number of rotatable bonds is 7. The van der Waals surface area contributed by atoms with Crippen LogP contribution in [0.2, 0.25) is 0 Å². The molecule has 0 atom stereocenters. The molecule has 0 bridgehead atoms. The Morgan fingerprint density at radius 3 is 1.72 bits per heavy atom. The molecule has 0 saturated heterocycles. The molecule has 0 aliphatic carbocycles. The summed E-state index contributed by atoms with van der Waals surface area (Å²) >= 11 is 1.86. The Hall–Kier alpha value is -8.70. The van der Waals surface area contributed by atoms with Crippen LogP contribution in [0.15, 0.2) is 247 Å². The van der Waals surface area contributed by atoms with Gasteiger partial charge in [-0.25, -0.2) is 0 Å². The number of hydrogen-bond acceptors (Lipinski definition) is 3. The van der Waals surface area contributed by atoms with E-state index >= 15 is 0 Å². The van der Waals surface area contributed by atoms with Gasteiger partial charge in [-0.1, -0.05) is 152 Å². The predicted octanol–water partition coefficient (Wildman–Crippen LogP) is 18.7. The second-order valence-corrected chi connectivity index (χ2v) is 18.7. The zero-order chi connectivity index (χ0) is 44.7. The largest absolute Gasteiger partial charge is 0.455 e. The second kappa shape index (κ2) is 15.5. The summed E-state index contributed by atoms with van der Waals surface area (Å²) in [5.41, 5.74) is 15.6. The van der Waals surface area contributed by atoms with Gasteiger partial charge in [-0.05, 0) is 130 Å². The van der Waals surface area contributed by atoms with E-state index in [1.165, 1.54) is 58.5 Å². The van der Waals surface area contributed by atoms with Gasteiger partial charge in [0.2, 0.25) is 0 Å². The van der Waals surface area contributed by atoms with Gasteiger partial charge >= 0.3 is 0 Å². The van der Waals surface area contributed by atoms with Gasteiger partial charge in [0.1, 0.15) is 11.2 Å². The summed E-state index contributed by atoms with van der Waals surface area (Å²) in [7, 11) is 0. The van der Waals surface area contributed by atoms with E-state index in [1.807, 2.05) is 11.3 Å². The first kappa shape index (κ1) is 38.6. The van der Waals surface area contributed by atoms with E-state index < -0.39 is 0 Å². The zero-order valence-electron chi connectivity index (χ0n) is 36.8. The summed E-state index contributed by atoms with van der Waals surface area (Å²) in [5.74, 6) is 0. The number of furan rings is 1. The van der Waals surface area contributed by atoms with Gasteiger partial charge in [0.25, 0.3) is 0 Å². The lowest BCUT2D eigenvalue weighted by Gasteiger charge is -2.26. The molecule has 0 radical (unpaired) electrons. The van der Waals surface area contributed by atoms with Crippen LogP contribution >= 0.6 is 11.3 Å². The molecule has 4 heteroatoms. The molecule has 0 amide bonds. The number of benzene rings is 11.